The summed E-state index contributed by atoms with van der Waals surface area (Å²) in [5.74, 6) is 0. The van der Waals surface area contributed by atoms with Crippen LogP contribution in [0.1, 0.15) is 12.5 Å². The van der Waals surface area contributed by atoms with E-state index in [2.05, 4.69) is 4.98 Å². The summed E-state index contributed by atoms with van der Waals surface area (Å²) in [7, 11) is 0. The van der Waals surface area contributed by atoms with E-state index >= 15 is 0 Å². The van der Waals surface area contributed by atoms with Gasteiger partial charge in [0, 0.05) is 12.8 Å². The molecule has 1 N–H and O–H groups in total. The van der Waals surface area contributed by atoms with E-state index in [0.717, 1.165) is 0 Å². The first-order valence-corrected chi connectivity index (χ1v) is 5.98. The smallest absolute Gasteiger partial charge is 0.328 e. The summed E-state index contributed by atoms with van der Waals surface area (Å²) in [6.07, 6.45) is 1.23. The van der Waals surface area contributed by atoms with Crippen LogP contribution in [0.3, 0.4) is 0 Å². The lowest BCUT2D eigenvalue weighted by atomic mass is 10.4. The molecule has 0 bridgehead atoms. The van der Waals surface area contributed by atoms with Gasteiger partial charge in [0.25, 0.3) is 5.56 Å². The molecule has 0 atom stereocenters. The average Bonchev–Trinajstić information content (AvgIpc) is 2.19. The molecule has 0 amide bonds. The molecule has 0 saturated carbocycles. The fourth-order valence-corrected chi connectivity index (χ4v) is 1.59. The van der Waals surface area contributed by atoms with Crippen molar-refractivity contribution in [1.29, 1.82) is 0 Å². The highest BCUT2D eigenvalue weighted by molar-refractivity contribution is 6.66. The maximum Gasteiger partial charge on any atom is 0.328 e. The second-order valence-corrected chi connectivity index (χ2v) is 5.47. The fraction of sp³-hybridized carbons (Fsp3) is 0.556. The predicted octanol–water partition coefficient (Wildman–Crippen LogP) is 1.40. The number of aromatic amines is 1. The molecule has 0 saturated heterocycles. The molecular formula is C9H11Cl3N2O3. The monoisotopic (exact) mass is 300 g/mol. The van der Waals surface area contributed by atoms with Gasteiger partial charge in [-0.2, -0.15) is 0 Å². The quantitative estimate of drug-likeness (QED) is 0.675. The van der Waals surface area contributed by atoms with Gasteiger partial charge >= 0.3 is 5.69 Å². The lowest BCUT2D eigenvalue weighted by Gasteiger charge is -2.12. The molecule has 17 heavy (non-hydrogen) atoms. The summed E-state index contributed by atoms with van der Waals surface area (Å²) >= 11 is 16.8. The number of aromatic nitrogens is 2. The lowest BCUT2D eigenvalue weighted by Crippen LogP contribution is -2.34. The molecular weight excluding hydrogens is 290 g/mol. The lowest BCUT2D eigenvalue weighted by molar-refractivity contribution is 0.138. The molecule has 0 aliphatic heterocycles. The predicted molar refractivity (Wildman–Crippen MR) is 67.1 cm³/mol. The molecule has 1 rings (SSSR count). The molecule has 0 aliphatic carbocycles. The first kappa shape index (κ1) is 14.6. The third-order valence-electron chi connectivity index (χ3n) is 2.00. The van der Waals surface area contributed by atoms with Gasteiger partial charge in [0.1, 0.15) is 0 Å². The van der Waals surface area contributed by atoms with Crippen LogP contribution in [0.2, 0.25) is 0 Å². The number of nitrogens with one attached hydrogen (secondary N) is 1. The van der Waals surface area contributed by atoms with Crippen LogP contribution in [0, 0.1) is 0 Å². The molecule has 1 aromatic rings. The van der Waals surface area contributed by atoms with E-state index in [9.17, 15) is 9.59 Å². The van der Waals surface area contributed by atoms with Crippen molar-refractivity contribution in [2.45, 2.75) is 17.3 Å². The van der Waals surface area contributed by atoms with Crippen LogP contribution < -0.4 is 11.2 Å². The third-order valence-corrected chi connectivity index (χ3v) is 2.61. The maximum atomic E-state index is 11.4. The number of nitrogens with zero attached hydrogens (tertiary/aromatic N) is 1. The summed E-state index contributed by atoms with van der Waals surface area (Å²) in [4.78, 5) is 24.9. The Labute approximate surface area is 112 Å². The van der Waals surface area contributed by atoms with E-state index in [1.165, 1.54) is 10.8 Å². The minimum atomic E-state index is -1.87. The zero-order valence-electron chi connectivity index (χ0n) is 9.00. The number of H-pyrrole nitrogens is 1. The normalized spacial score (nSPS) is 11.8. The molecule has 1 heterocycles. The highest BCUT2D eigenvalue weighted by Gasteiger charge is 2.27. The van der Waals surface area contributed by atoms with Gasteiger partial charge in [-0.3, -0.25) is 14.3 Å². The molecule has 1 aromatic heterocycles. The van der Waals surface area contributed by atoms with Gasteiger partial charge in [0.15, 0.2) is 0 Å². The van der Waals surface area contributed by atoms with Crippen molar-refractivity contribution in [1.82, 2.24) is 9.55 Å². The Morgan fingerprint density at radius 3 is 2.59 bits per heavy atom. The van der Waals surface area contributed by atoms with E-state index < -0.39 is 15.0 Å². The average molecular weight is 302 g/mol. The van der Waals surface area contributed by atoms with Crippen LogP contribution in [-0.4, -0.2) is 22.8 Å². The van der Waals surface area contributed by atoms with E-state index in [1.54, 1.807) is 0 Å². The minimum Gasteiger partial charge on any atom is -0.380 e. The van der Waals surface area contributed by atoms with E-state index in [1.807, 2.05) is 6.92 Å². The molecule has 0 aromatic carbocycles. The van der Waals surface area contributed by atoms with Crippen LogP contribution in [0.4, 0.5) is 0 Å². The molecule has 0 radical (unpaired) electrons. The van der Waals surface area contributed by atoms with E-state index in [4.69, 9.17) is 39.5 Å². The molecule has 0 aliphatic rings. The molecule has 0 unspecified atom stereocenters. The Morgan fingerprint density at radius 1 is 1.41 bits per heavy atom. The first-order chi connectivity index (χ1) is 7.86. The van der Waals surface area contributed by atoms with Gasteiger partial charge in [-0.1, -0.05) is 34.8 Å². The Kier molecular flexibility index (Phi) is 5.06. The SMILES string of the molecule is CCOCCn1cc(C(Cl)(Cl)Cl)c(=O)[nH]c1=O. The van der Waals surface area contributed by atoms with Gasteiger partial charge in [0.2, 0.25) is 3.79 Å². The van der Waals surface area contributed by atoms with Crippen molar-refractivity contribution < 1.29 is 4.74 Å². The number of ether oxygens (including phenoxy) is 1. The summed E-state index contributed by atoms with van der Waals surface area (Å²) in [5.41, 5.74) is -1.37. The van der Waals surface area contributed by atoms with Crippen LogP contribution in [-0.2, 0) is 15.1 Å². The molecule has 0 fully saturated rings. The zero-order chi connectivity index (χ0) is 13.1. The Morgan fingerprint density at radius 2 is 2.06 bits per heavy atom. The number of hydrogen-bond donors (Lipinski definition) is 1. The summed E-state index contributed by atoms with van der Waals surface area (Å²) < 4.78 is 4.46. The summed E-state index contributed by atoms with van der Waals surface area (Å²) in [6.45, 7) is 2.98. The molecule has 96 valence electrons. The van der Waals surface area contributed by atoms with Crippen LogP contribution >= 0.6 is 34.8 Å². The topological polar surface area (TPSA) is 64.1 Å². The van der Waals surface area contributed by atoms with Crippen molar-refractivity contribution in [3.8, 4) is 0 Å². The van der Waals surface area contributed by atoms with Crippen LogP contribution in [0.25, 0.3) is 0 Å². The van der Waals surface area contributed by atoms with Crippen molar-refractivity contribution in [3.05, 3.63) is 32.6 Å². The Hall–Kier alpha value is -0.490. The number of alkyl halides is 3. The van der Waals surface area contributed by atoms with Gasteiger partial charge in [0.05, 0.1) is 18.7 Å². The van der Waals surface area contributed by atoms with Gasteiger partial charge in [-0.15, -0.1) is 0 Å². The van der Waals surface area contributed by atoms with Crippen molar-refractivity contribution in [2.75, 3.05) is 13.2 Å². The standard InChI is InChI=1S/C9H11Cl3N2O3/c1-2-17-4-3-14-5-6(9(10,11)12)7(15)13-8(14)16/h5H,2-4H2,1H3,(H,13,15,16). The summed E-state index contributed by atoms with van der Waals surface area (Å²) in [5, 5.41) is 0. The van der Waals surface area contributed by atoms with Crippen molar-refractivity contribution >= 4 is 34.8 Å². The Bertz CT molecular complexity index is 489. The molecule has 5 nitrogen and oxygen atoms in total. The van der Waals surface area contributed by atoms with Gasteiger partial charge < -0.3 is 4.74 Å². The van der Waals surface area contributed by atoms with Crippen LogP contribution in [0.5, 0.6) is 0 Å². The Balaban J connectivity index is 3.07. The highest BCUT2D eigenvalue weighted by atomic mass is 35.6. The maximum absolute atomic E-state index is 11.4. The fourth-order valence-electron chi connectivity index (χ4n) is 1.18. The van der Waals surface area contributed by atoms with Crippen molar-refractivity contribution in [3.63, 3.8) is 0 Å². The van der Waals surface area contributed by atoms with E-state index in [-0.39, 0.29) is 12.1 Å². The number of hydrogen-bond acceptors (Lipinski definition) is 3. The number of halogens is 3. The van der Waals surface area contributed by atoms with Crippen LogP contribution in [0.15, 0.2) is 15.8 Å². The largest absolute Gasteiger partial charge is 0.380 e. The first-order valence-electron chi connectivity index (χ1n) is 4.85. The van der Waals surface area contributed by atoms with E-state index in [0.29, 0.717) is 13.2 Å². The second kappa shape index (κ2) is 5.91. The third kappa shape index (κ3) is 4.03. The summed E-state index contributed by atoms with van der Waals surface area (Å²) in [6, 6.07) is 0. The number of rotatable bonds is 4. The molecule has 0 spiro atoms. The zero-order valence-corrected chi connectivity index (χ0v) is 11.3. The van der Waals surface area contributed by atoms with Gasteiger partial charge in [-0.25, -0.2) is 4.79 Å². The van der Waals surface area contributed by atoms with Crippen molar-refractivity contribution in [2.24, 2.45) is 0 Å². The minimum absolute atomic E-state index is 0.0985. The second-order valence-electron chi connectivity index (χ2n) is 3.19. The van der Waals surface area contributed by atoms with Gasteiger partial charge in [-0.05, 0) is 6.92 Å². The molecule has 8 heteroatoms. The highest BCUT2D eigenvalue weighted by Crippen LogP contribution is 2.35.